The summed E-state index contributed by atoms with van der Waals surface area (Å²) in [5, 5.41) is 13.7. The summed E-state index contributed by atoms with van der Waals surface area (Å²) in [7, 11) is 1.64. The quantitative estimate of drug-likeness (QED) is 0.340. The second-order valence-corrected chi connectivity index (χ2v) is 5.51. The highest BCUT2D eigenvalue weighted by Crippen LogP contribution is 2.18. The van der Waals surface area contributed by atoms with Crippen LogP contribution in [-0.4, -0.2) is 54.6 Å². The van der Waals surface area contributed by atoms with E-state index in [-0.39, 0.29) is 0 Å². The van der Waals surface area contributed by atoms with E-state index in [1.54, 1.807) is 7.11 Å². The summed E-state index contributed by atoms with van der Waals surface area (Å²) >= 11 is 0. The molecule has 0 atom stereocenters. The number of benzene rings is 1. The Bertz CT molecular complexity index is 669. The van der Waals surface area contributed by atoms with Gasteiger partial charge in [-0.2, -0.15) is 5.10 Å². The first-order chi connectivity index (χ1) is 12.8. The molecule has 0 fully saturated rings. The van der Waals surface area contributed by atoms with Crippen molar-refractivity contribution in [3.8, 4) is 17.1 Å². The lowest BCUT2D eigenvalue weighted by molar-refractivity contribution is 0.145. The number of rotatable bonds is 10. The molecule has 0 unspecified atom stereocenters. The summed E-state index contributed by atoms with van der Waals surface area (Å²) < 4.78 is 10.5. The molecule has 0 amide bonds. The van der Waals surface area contributed by atoms with Crippen LogP contribution in [0.4, 0.5) is 0 Å². The average molecular weight is 360 g/mol. The van der Waals surface area contributed by atoms with E-state index >= 15 is 0 Å². The van der Waals surface area contributed by atoms with Gasteiger partial charge < -0.3 is 20.1 Å². The first-order valence-electron chi connectivity index (χ1n) is 8.92. The molecule has 0 radical (unpaired) electrons. The molecule has 0 saturated carbocycles. The smallest absolute Gasteiger partial charge is 0.191 e. The number of aromatic nitrogens is 3. The molecular formula is C18H28N6O2. The summed E-state index contributed by atoms with van der Waals surface area (Å²) in [6, 6.07) is 7.63. The molecule has 0 spiro atoms. The maximum Gasteiger partial charge on any atom is 0.191 e. The van der Waals surface area contributed by atoms with Gasteiger partial charge in [0.05, 0.1) is 7.11 Å². The summed E-state index contributed by atoms with van der Waals surface area (Å²) in [6.45, 7) is 7.55. The number of methoxy groups -OCH3 is 1. The van der Waals surface area contributed by atoms with Gasteiger partial charge in [0.2, 0.25) is 0 Å². The molecule has 2 aromatic rings. The number of ether oxygens (including phenoxy) is 2. The lowest BCUT2D eigenvalue weighted by Crippen LogP contribution is -2.38. The predicted octanol–water partition coefficient (Wildman–Crippen LogP) is 1.96. The highest BCUT2D eigenvalue weighted by molar-refractivity contribution is 5.79. The molecule has 1 aromatic carbocycles. The molecular weight excluding hydrogens is 332 g/mol. The number of H-pyrrole nitrogens is 1. The molecule has 2 rings (SSSR count). The van der Waals surface area contributed by atoms with Gasteiger partial charge in [-0.15, -0.1) is 0 Å². The Morgan fingerprint density at radius 2 is 2.00 bits per heavy atom. The molecule has 26 heavy (non-hydrogen) atoms. The van der Waals surface area contributed by atoms with Crippen LogP contribution < -0.4 is 15.4 Å². The van der Waals surface area contributed by atoms with Crippen LogP contribution >= 0.6 is 0 Å². The number of nitrogens with zero attached hydrogens (tertiary/aromatic N) is 3. The molecule has 0 aliphatic rings. The summed E-state index contributed by atoms with van der Waals surface area (Å²) in [6.07, 6.45) is 0.933. The van der Waals surface area contributed by atoms with Crippen LogP contribution in [0.5, 0.6) is 5.75 Å². The van der Waals surface area contributed by atoms with Crippen molar-refractivity contribution in [3.05, 3.63) is 30.1 Å². The molecule has 0 aliphatic heterocycles. The molecule has 0 bridgehead atoms. The van der Waals surface area contributed by atoms with E-state index in [0.717, 1.165) is 50.0 Å². The second kappa shape index (κ2) is 11.1. The van der Waals surface area contributed by atoms with Gasteiger partial charge in [-0.25, -0.2) is 9.98 Å². The third-order valence-corrected chi connectivity index (χ3v) is 3.57. The molecule has 142 valence electrons. The van der Waals surface area contributed by atoms with Crippen molar-refractivity contribution < 1.29 is 9.47 Å². The van der Waals surface area contributed by atoms with Crippen LogP contribution in [0.15, 0.2) is 29.3 Å². The Balaban J connectivity index is 1.91. The second-order valence-electron chi connectivity index (χ2n) is 5.51. The lowest BCUT2D eigenvalue weighted by Gasteiger charge is -2.10. The monoisotopic (exact) mass is 360 g/mol. The molecule has 1 heterocycles. The van der Waals surface area contributed by atoms with E-state index in [2.05, 4.69) is 30.8 Å². The zero-order valence-electron chi connectivity index (χ0n) is 15.7. The molecule has 0 saturated heterocycles. The van der Waals surface area contributed by atoms with Crippen molar-refractivity contribution in [3.63, 3.8) is 0 Å². The Morgan fingerprint density at radius 3 is 2.69 bits per heavy atom. The molecule has 0 aliphatic carbocycles. The first kappa shape index (κ1) is 19.7. The number of hydrogen-bond donors (Lipinski definition) is 3. The number of aliphatic imine (C=N–C) groups is 1. The highest BCUT2D eigenvalue weighted by atomic mass is 16.5. The fourth-order valence-corrected chi connectivity index (χ4v) is 2.26. The number of nitrogens with one attached hydrogen (secondary N) is 3. The van der Waals surface area contributed by atoms with E-state index < -0.39 is 0 Å². The van der Waals surface area contributed by atoms with Crippen LogP contribution in [0.2, 0.25) is 0 Å². The Morgan fingerprint density at radius 1 is 1.19 bits per heavy atom. The van der Waals surface area contributed by atoms with E-state index in [9.17, 15) is 0 Å². The van der Waals surface area contributed by atoms with Gasteiger partial charge in [0.15, 0.2) is 11.8 Å². The average Bonchev–Trinajstić information content (AvgIpc) is 3.15. The minimum Gasteiger partial charge on any atom is -0.497 e. The minimum absolute atomic E-state index is 0.421. The molecule has 1 aromatic heterocycles. The minimum atomic E-state index is 0.421. The van der Waals surface area contributed by atoms with Gasteiger partial charge in [-0.1, -0.05) is 0 Å². The molecule has 3 N–H and O–H groups in total. The Kier molecular flexibility index (Phi) is 8.41. The topological polar surface area (TPSA) is 96.5 Å². The maximum absolute atomic E-state index is 5.33. The highest BCUT2D eigenvalue weighted by Gasteiger charge is 2.06. The normalized spacial score (nSPS) is 11.4. The van der Waals surface area contributed by atoms with E-state index in [1.165, 1.54) is 0 Å². The maximum atomic E-state index is 5.33. The number of hydrogen-bond acceptors (Lipinski definition) is 5. The van der Waals surface area contributed by atoms with Crippen molar-refractivity contribution in [2.75, 3.05) is 33.4 Å². The first-order valence-corrected chi connectivity index (χ1v) is 8.92. The third kappa shape index (κ3) is 6.36. The predicted molar refractivity (Wildman–Crippen MR) is 102 cm³/mol. The fraction of sp³-hybridized carbons (Fsp3) is 0.500. The Labute approximate surface area is 154 Å². The van der Waals surface area contributed by atoms with Gasteiger partial charge in [0, 0.05) is 31.9 Å². The van der Waals surface area contributed by atoms with Gasteiger partial charge in [-0.05, 0) is 44.5 Å². The third-order valence-electron chi connectivity index (χ3n) is 3.57. The fourth-order valence-electron chi connectivity index (χ4n) is 2.26. The van der Waals surface area contributed by atoms with Crippen molar-refractivity contribution in [1.29, 1.82) is 0 Å². The Hall–Kier alpha value is -2.61. The van der Waals surface area contributed by atoms with E-state index in [1.807, 2.05) is 38.1 Å². The van der Waals surface area contributed by atoms with Crippen LogP contribution in [0.1, 0.15) is 26.1 Å². The van der Waals surface area contributed by atoms with Gasteiger partial charge in [-0.3, -0.25) is 5.10 Å². The van der Waals surface area contributed by atoms with Crippen LogP contribution in [0.25, 0.3) is 11.4 Å². The van der Waals surface area contributed by atoms with Crippen molar-refractivity contribution in [2.24, 2.45) is 4.99 Å². The summed E-state index contributed by atoms with van der Waals surface area (Å²) in [5.41, 5.74) is 0.929. The van der Waals surface area contributed by atoms with Gasteiger partial charge >= 0.3 is 0 Å². The number of aromatic amines is 1. The van der Waals surface area contributed by atoms with Crippen molar-refractivity contribution >= 4 is 5.96 Å². The number of guanidine groups is 1. The summed E-state index contributed by atoms with van der Waals surface area (Å²) in [5.74, 6) is 2.92. The zero-order chi connectivity index (χ0) is 18.6. The standard InChI is InChI=1S/C18H28N6O2/c1-4-19-18(20-11-6-12-26-5-2)21-13-16-22-17(24-23-16)14-7-9-15(25-3)10-8-14/h7-10H,4-6,11-13H2,1-3H3,(H2,19,20,21)(H,22,23,24). The van der Waals surface area contributed by atoms with E-state index in [0.29, 0.717) is 18.2 Å². The SMILES string of the molecule is CCNC(=NCc1nc(-c2ccc(OC)cc2)n[nH]1)NCCCOCC. The largest absolute Gasteiger partial charge is 0.497 e. The van der Waals surface area contributed by atoms with E-state index in [4.69, 9.17) is 9.47 Å². The molecule has 8 heteroatoms. The van der Waals surface area contributed by atoms with Crippen molar-refractivity contribution in [2.45, 2.75) is 26.8 Å². The van der Waals surface area contributed by atoms with Gasteiger partial charge in [0.1, 0.15) is 18.1 Å². The van der Waals surface area contributed by atoms with Crippen LogP contribution in [0.3, 0.4) is 0 Å². The van der Waals surface area contributed by atoms with Crippen LogP contribution in [-0.2, 0) is 11.3 Å². The van der Waals surface area contributed by atoms with Crippen LogP contribution in [0, 0.1) is 0 Å². The lowest BCUT2D eigenvalue weighted by atomic mass is 10.2. The zero-order valence-corrected chi connectivity index (χ0v) is 15.7. The summed E-state index contributed by atoms with van der Waals surface area (Å²) in [4.78, 5) is 9.03. The van der Waals surface area contributed by atoms with Crippen molar-refractivity contribution in [1.82, 2.24) is 25.8 Å². The molecule has 8 nitrogen and oxygen atoms in total. The van der Waals surface area contributed by atoms with Gasteiger partial charge in [0.25, 0.3) is 0 Å².